The maximum Gasteiger partial charge on any atom is 0.377 e. The van der Waals surface area contributed by atoms with Gasteiger partial charge in [-0.15, -0.1) is 5.10 Å². The molecule has 1 unspecified atom stereocenters. The zero-order chi connectivity index (χ0) is 9.84. The molecule has 0 N–H and O–H groups in total. The number of nitrogens with zero attached hydrogens (tertiary/aromatic N) is 3. The lowest BCUT2D eigenvalue weighted by Crippen LogP contribution is -2.08. The summed E-state index contributed by atoms with van der Waals surface area (Å²) in [6, 6.07) is 0.255. The van der Waals surface area contributed by atoms with Gasteiger partial charge in [-0.2, -0.15) is 0 Å². The van der Waals surface area contributed by atoms with Gasteiger partial charge in [-0.05, 0) is 13.3 Å². The zero-order valence-electron chi connectivity index (χ0n) is 8.02. The highest BCUT2D eigenvalue weighted by atomic mass is 16.5. The van der Waals surface area contributed by atoms with E-state index in [2.05, 4.69) is 14.8 Å². The summed E-state index contributed by atoms with van der Waals surface area (Å²) in [5.41, 5.74) is 0. The predicted molar refractivity (Wildman–Crippen MR) is 46.4 cm³/mol. The third-order valence-corrected chi connectivity index (χ3v) is 1.92. The predicted octanol–water partition coefficient (Wildman–Crippen LogP) is 1.04. The van der Waals surface area contributed by atoms with Gasteiger partial charge in [0.05, 0.1) is 13.2 Å². The number of carbonyl (C=O) groups is 1. The van der Waals surface area contributed by atoms with Gasteiger partial charge in [-0.25, -0.2) is 14.5 Å². The Morgan fingerprint density at radius 1 is 1.77 bits per heavy atom. The van der Waals surface area contributed by atoms with Crippen molar-refractivity contribution >= 4 is 5.97 Å². The second-order valence-electron chi connectivity index (χ2n) is 2.80. The van der Waals surface area contributed by atoms with E-state index in [1.807, 2.05) is 13.8 Å². The van der Waals surface area contributed by atoms with Crippen LogP contribution in [0.3, 0.4) is 0 Å². The smallest absolute Gasteiger partial charge is 0.377 e. The Balaban J connectivity index is 2.80. The summed E-state index contributed by atoms with van der Waals surface area (Å²) in [6.07, 6.45) is 2.49. The van der Waals surface area contributed by atoms with Crippen molar-refractivity contribution in [3.63, 3.8) is 0 Å². The van der Waals surface area contributed by atoms with Crippen LogP contribution in [-0.4, -0.2) is 27.8 Å². The van der Waals surface area contributed by atoms with Crippen LogP contribution in [0.2, 0.25) is 0 Å². The number of hydrogen-bond donors (Lipinski definition) is 0. The van der Waals surface area contributed by atoms with Crippen LogP contribution < -0.4 is 0 Å². The van der Waals surface area contributed by atoms with Crippen molar-refractivity contribution in [1.82, 2.24) is 14.8 Å². The number of rotatable bonds is 3. The van der Waals surface area contributed by atoms with Crippen LogP contribution >= 0.6 is 0 Å². The van der Waals surface area contributed by atoms with Crippen molar-refractivity contribution < 1.29 is 9.53 Å². The van der Waals surface area contributed by atoms with Crippen LogP contribution in [-0.2, 0) is 4.74 Å². The van der Waals surface area contributed by atoms with Gasteiger partial charge >= 0.3 is 5.97 Å². The molecule has 0 aliphatic carbocycles. The molecule has 0 aliphatic rings. The van der Waals surface area contributed by atoms with E-state index < -0.39 is 5.97 Å². The summed E-state index contributed by atoms with van der Waals surface area (Å²) in [4.78, 5) is 14.8. The first kappa shape index (κ1) is 9.70. The lowest BCUT2D eigenvalue weighted by atomic mass is 10.3. The largest absolute Gasteiger partial charge is 0.463 e. The fourth-order valence-electron chi connectivity index (χ4n) is 0.859. The van der Waals surface area contributed by atoms with Crippen molar-refractivity contribution in [3.05, 3.63) is 12.2 Å². The molecule has 1 heterocycles. The van der Waals surface area contributed by atoms with Crippen LogP contribution in [0.5, 0.6) is 0 Å². The Morgan fingerprint density at radius 2 is 2.46 bits per heavy atom. The molecule has 0 saturated heterocycles. The molecular formula is C8H13N3O2. The third kappa shape index (κ3) is 2.05. The van der Waals surface area contributed by atoms with Gasteiger partial charge in [0.25, 0.3) is 5.82 Å². The van der Waals surface area contributed by atoms with E-state index in [0.717, 1.165) is 6.42 Å². The molecule has 0 aliphatic heterocycles. The van der Waals surface area contributed by atoms with Crippen LogP contribution in [0.15, 0.2) is 6.33 Å². The van der Waals surface area contributed by atoms with E-state index in [9.17, 15) is 4.79 Å². The molecule has 0 spiro atoms. The number of esters is 1. The molecule has 0 fully saturated rings. The van der Waals surface area contributed by atoms with E-state index in [4.69, 9.17) is 0 Å². The van der Waals surface area contributed by atoms with Crippen LogP contribution in [0, 0.1) is 0 Å². The minimum absolute atomic E-state index is 0.114. The molecule has 1 aromatic rings. The summed E-state index contributed by atoms with van der Waals surface area (Å²) in [5, 5.41) is 3.98. The third-order valence-electron chi connectivity index (χ3n) is 1.92. The molecule has 1 atom stereocenters. The lowest BCUT2D eigenvalue weighted by Gasteiger charge is -2.06. The molecule has 1 aromatic heterocycles. The summed E-state index contributed by atoms with van der Waals surface area (Å²) >= 11 is 0. The van der Waals surface area contributed by atoms with E-state index in [1.165, 1.54) is 7.11 Å². The summed E-state index contributed by atoms with van der Waals surface area (Å²) in [6.45, 7) is 4.06. The molecule has 0 bridgehead atoms. The van der Waals surface area contributed by atoms with Gasteiger partial charge in [-0.1, -0.05) is 6.92 Å². The van der Waals surface area contributed by atoms with Crippen molar-refractivity contribution in [3.8, 4) is 0 Å². The molecule has 5 nitrogen and oxygen atoms in total. The van der Waals surface area contributed by atoms with Crippen molar-refractivity contribution in [2.45, 2.75) is 26.3 Å². The first-order valence-corrected chi connectivity index (χ1v) is 4.18. The topological polar surface area (TPSA) is 57.0 Å². The average Bonchev–Trinajstić information content (AvgIpc) is 2.64. The lowest BCUT2D eigenvalue weighted by molar-refractivity contribution is 0.0586. The molecule has 1 rings (SSSR count). The Hall–Kier alpha value is -1.39. The zero-order valence-corrected chi connectivity index (χ0v) is 8.02. The monoisotopic (exact) mass is 183 g/mol. The minimum atomic E-state index is -0.498. The van der Waals surface area contributed by atoms with Gasteiger partial charge in [0, 0.05) is 0 Å². The maximum absolute atomic E-state index is 11.0. The normalized spacial score (nSPS) is 12.5. The molecule has 72 valence electrons. The molecule has 13 heavy (non-hydrogen) atoms. The average molecular weight is 183 g/mol. The summed E-state index contributed by atoms with van der Waals surface area (Å²) < 4.78 is 6.14. The van der Waals surface area contributed by atoms with E-state index in [0.29, 0.717) is 0 Å². The van der Waals surface area contributed by atoms with Gasteiger partial charge in [0.15, 0.2) is 0 Å². The number of hydrogen-bond acceptors (Lipinski definition) is 4. The van der Waals surface area contributed by atoms with Gasteiger partial charge in [0.1, 0.15) is 6.33 Å². The number of carbonyl (C=O) groups excluding carboxylic acids is 1. The molecule has 0 amide bonds. The minimum Gasteiger partial charge on any atom is -0.463 e. The first-order valence-electron chi connectivity index (χ1n) is 4.18. The molecule has 5 heteroatoms. The van der Waals surface area contributed by atoms with Crippen LogP contribution in [0.4, 0.5) is 0 Å². The van der Waals surface area contributed by atoms with Gasteiger partial charge in [0.2, 0.25) is 0 Å². The Kier molecular flexibility index (Phi) is 3.00. The fraction of sp³-hybridized carbons (Fsp3) is 0.625. The fourth-order valence-corrected chi connectivity index (χ4v) is 0.859. The molecule has 0 aromatic carbocycles. The highest BCUT2D eigenvalue weighted by Gasteiger charge is 2.12. The maximum atomic E-state index is 11.0. The van der Waals surface area contributed by atoms with Crippen molar-refractivity contribution in [2.24, 2.45) is 0 Å². The van der Waals surface area contributed by atoms with E-state index in [1.54, 1.807) is 11.0 Å². The second-order valence-corrected chi connectivity index (χ2v) is 2.80. The number of methoxy groups -OCH3 is 1. The second kappa shape index (κ2) is 4.02. The molecule has 0 saturated carbocycles. The standard InChI is InChI=1S/C8H13N3O2/c1-4-6(2)11-5-9-7(10-11)8(12)13-3/h5-6H,4H2,1-3H3. The van der Waals surface area contributed by atoms with E-state index >= 15 is 0 Å². The molecular weight excluding hydrogens is 170 g/mol. The highest BCUT2D eigenvalue weighted by molar-refractivity contribution is 5.84. The summed E-state index contributed by atoms with van der Waals surface area (Å²) in [7, 11) is 1.31. The van der Waals surface area contributed by atoms with Gasteiger partial charge < -0.3 is 4.74 Å². The highest BCUT2D eigenvalue weighted by Crippen LogP contribution is 2.07. The Bertz CT molecular complexity index is 295. The van der Waals surface area contributed by atoms with Crippen LogP contribution in [0.1, 0.15) is 36.9 Å². The Labute approximate surface area is 76.7 Å². The number of aromatic nitrogens is 3. The van der Waals surface area contributed by atoms with E-state index in [-0.39, 0.29) is 11.9 Å². The first-order chi connectivity index (χ1) is 6.19. The quantitative estimate of drug-likeness (QED) is 0.657. The number of ether oxygens (including phenoxy) is 1. The van der Waals surface area contributed by atoms with Crippen LogP contribution in [0.25, 0.3) is 0 Å². The van der Waals surface area contributed by atoms with Crippen molar-refractivity contribution in [2.75, 3.05) is 7.11 Å². The van der Waals surface area contributed by atoms with Gasteiger partial charge in [-0.3, -0.25) is 0 Å². The molecule has 0 radical (unpaired) electrons. The Morgan fingerprint density at radius 3 is 3.00 bits per heavy atom. The van der Waals surface area contributed by atoms with Crippen molar-refractivity contribution in [1.29, 1.82) is 0 Å². The summed E-state index contributed by atoms with van der Waals surface area (Å²) in [5.74, 6) is -0.384. The SMILES string of the molecule is CCC(C)n1cnc(C(=O)OC)n1.